The zero-order chi connectivity index (χ0) is 22.0. The van der Waals surface area contributed by atoms with E-state index in [1.165, 1.54) is 114 Å². The molecule has 1 aromatic rings. The van der Waals surface area contributed by atoms with Crippen molar-refractivity contribution in [3.05, 3.63) is 47.2 Å². The van der Waals surface area contributed by atoms with Gasteiger partial charge >= 0.3 is 0 Å². The Morgan fingerprint density at radius 3 is 1.94 bits per heavy atom. The van der Waals surface area contributed by atoms with Gasteiger partial charge in [0.2, 0.25) is 0 Å². The van der Waals surface area contributed by atoms with E-state index in [1.54, 1.807) is 0 Å². The van der Waals surface area contributed by atoms with E-state index in [2.05, 4.69) is 30.4 Å². The van der Waals surface area contributed by atoms with Crippen molar-refractivity contribution in [3.8, 4) is 0 Å². The summed E-state index contributed by atoms with van der Waals surface area (Å²) in [6, 6.07) is 6.20. The zero-order valence-corrected chi connectivity index (χ0v) is 20.2. The minimum atomic E-state index is 0.0191. The number of carbonyl (C=O) groups excluding carboxylic acids is 1. The van der Waals surface area contributed by atoms with Crippen LogP contribution < -0.4 is 5.32 Å². The molecule has 0 radical (unpaired) electrons. The largest absolute Gasteiger partial charge is 0.329 e. The molecule has 1 N–H and O–H groups in total. The van der Waals surface area contributed by atoms with Crippen LogP contribution in [0.2, 0.25) is 0 Å². The summed E-state index contributed by atoms with van der Waals surface area (Å²) in [4.78, 5) is 12.3. The molecule has 31 heavy (non-hydrogen) atoms. The average Bonchev–Trinajstić information content (AvgIpc) is 2.80. The van der Waals surface area contributed by atoms with Crippen LogP contribution in [-0.2, 0) is 12.8 Å². The van der Waals surface area contributed by atoms with E-state index in [4.69, 9.17) is 0 Å². The Bertz CT molecular complexity index is 634. The second-order valence-corrected chi connectivity index (χ2v) is 9.45. The number of carbonyl (C=O) groups is 1. The molecular formula is C29H47NO. The molecule has 0 fully saturated rings. The van der Waals surface area contributed by atoms with Crippen molar-refractivity contribution in [2.75, 3.05) is 0 Å². The maximum absolute atomic E-state index is 12.3. The van der Waals surface area contributed by atoms with Crippen molar-refractivity contribution in [1.82, 2.24) is 5.32 Å². The van der Waals surface area contributed by atoms with Crippen LogP contribution in [0, 0.1) is 0 Å². The van der Waals surface area contributed by atoms with Crippen LogP contribution in [0.25, 0.3) is 0 Å². The van der Waals surface area contributed by atoms with Gasteiger partial charge < -0.3 is 5.32 Å². The lowest BCUT2D eigenvalue weighted by Gasteiger charge is -2.16. The normalized spacial score (nSPS) is 13.5. The summed E-state index contributed by atoms with van der Waals surface area (Å²) in [6.45, 7) is 2.29. The molecule has 0 saturated heterocycles. The monoisotopic (exact) mass is 425 g/mol. The highest BCUT2D eigenvalue weighted by Crippen LogP contribution is 2.22. The predicted octanol–water partition coefficient (Wildman–Crippen LogP) is 8.68. The first kappa shape index (κ1) is 25.7. The number of allylic oxidation sites excluding steroid dienone is 1. The number of amides is 1. The van der Waals surface area contributed by atoms with Gasteiger partial charge in [0.15, 0.2) is 0 Å². The number of hydrogen-bond donors (Lipinski definition) is 1. The van der Waals surface area contributed by atoms with Gasteiger partial charge in [0.25, 0.3) is 5.91 Å². The van der Waals surface area contributed by atoms with E-state index >= 15 is 0 Å². The first-order chi connectivity index (χ1) is 15.3. The van der Waals surface area contributed by atoms with Gasteiger partial charge in [-0.3, -0.25) is 4.79 Å². The molecule has 0 atom stereocenters. The quantitative estimate of drug-likeness (QED) is 0.248. The Balaban J connectivity index is 1.39. The topological polar surface area (TPSA) is 29.1 Å². The van der Waals surface area contributed by atoms with Crippen LogP contribution in [-0.4, -0.2) is 5.91 Å². The molecule has 1 aliphatic rings. The van der Waals surface area contributed by atoms with Crippen LogP contribution in [0.15, 0.2) is 30.5 Å². The molecule has 1 amide bonds. The Labute approximate surface area is 192 Å². The maximum Gasteiger partial charge on any atom is 0.255 e. The smallest absolute Gasteiger partial charge is 0.255 e. The van der Waals surface area contributed by atoms with Crippen molar-refractivity contribution in [2.45, 2.75) is 129 Å². The maximum atomic E-state index is 12.3. The van der Waals surface area contributed by atoms with E-state index in [1.807, 2.05) is 12.3 Å². The van der Waals surface area contributed by atoms with Gasteiger partial charge in [-0.1, -0.05) is 103 Å². The number of hydrogen-bond acceptors (Lipinski definition) is 1. The number of rotatable bonds is 17. The molecule has 0 saturated carbocycles. The Morgan fingerprint density at radius 1 is 0.774 bits per heavy atom. The number of aryl methyl sites for hydroxylation is 2. The Morgan fingerprint density at radius 2 is 1.32 bits per heavy atom. The van der Waals surface area contributed by atoms with E-state index in [0.29, 0.717) is 0 Å². The summed E-state index contributed by atoms with van der Waals surface area (Å²) in [5, 5.41) is 2.94. The summed E-state index contributed by atoms with van der Waals surface area (Å²) in [5.74, 6) is 0.0191. The van der Waals surface area contributed by atoms with Gasteiger partial charge in [-0.2, -0.15) is 0 Å². The molecule has 1 aromatic carbocycles. The summed E-state index contributed by atoms with van der Waals surface area (Å²) in [7, 11) is 0. The van der Waals surface area contributed by atoms with Crippen LogP contribution in [0.4, 0.5) is 0 Å². The lowest BCUT2D eigenvalue weighted by molar-refractivity contribution is 0.0970. The summed E-state index contributed by atoms with van der Waals surface area (Å²) in [5.41, 5.74) is 3.59. The van der Waals surface area contributed by atoms with Crippen LogP contribution in [0.3, 0.4) is 0 Å². The zero-order valence-electron chi connectivity index (χ0n) is 20.2. The summed E-state index contributed by atoms with van der Waals surface area (Å²) in [6.07, 6.45) is 29.3. The van der Waals surface area contributed by atoms with Gasteiger partial charge in [-0.05, 0) is 61.8 Å². The van der Waals surface area contributed by atoms with E-state index in [9.17, 15) is 4.79 Å². The molecular weight excluding hydrogens is 378 g/mol. The van der Waals surface area contributed by atoms with Crippen LogP contribution >= 0.6 is 0 Å². The van der Waals surface area contributed by atoms with Crippen molar-refractivity contribution in [1.29, 1.82) is 0 Å². The minimum absolute atomic E-state index is 0.0191. The molecule has 2 heteroatoms. The Kier molecular flexibility index (Phi) is 14.1. The first-order valence-electron chi connectivity index (χ1n) is 13.4. The molecule has 0 bridgehead atoms. The van der Waals surface area contributed by atoms with Crippen molar-refractivity contribution in [2.24, 2.45) is 0 Å². The molecule has 2 rings (SSSR count). The highest BCUT2D eigenvalue weighted by molar-refractivity contribution is 5.95. The highest BCUT2D eigenvalue weighted by Gasteiger charge is 2.12. The van der Waals surface area contributed by atoms with E-state index in [0.717, 1.165) is 24.8 Å². The van der Waals surface area contributed by atoms with E-state index in [-0.39, 0.29) is 5.91 Å². The van der Waals surface area contributed by atoms with Crippen molar-refractivity contribution >= 4 is 5.91 Å². The second-order valence-electron chi connectivity index (χ2n) is 9.45. The third-order valence-corrected chi connectivity index (χ3v) is 6.67. The number of nitrogens with one attached hydrogen (secondary N) is 1. The second kappa shape index (κ2) is 17.0. The highest BCUT2D eigenvalue weighted by atomic mass is 16.1. The standard InChI is InChI=1S/C29H47NO/c1-2-3-4-5-6-7-8-9-10-11-12-13-14-15-16-19-24-30-29(31)28-23-22-26-20-17-18-21-27(26)25-28/h19,22-25H,2-18,20-21H2,1H3,(H,30,31). The SMILES string of the molecule is CCCCCCCCCCCCCCCCC=CNC(=O)c1ccc2c(c1)CCCC2. The lowest BCUT2D eigenvalue weighted by atomic mass is 9.90. The summed E-state index contributed by atoms with van der Waals surface area (Å²) >= 11 is 0. The molecule has 0 unspecified atom stereocenters. The predicted molar refractivity (Wildman–Crippen MR) is 135 cm³/mol. The van der Waals surface area contributed by atoms with Crippen LogP contribution in [0.1, 0.15) is 138 Å². The number of benzene rings is 1. The summed E-state index contributed by atoms with van der Waals surface area (Å²) < 4.78 is 0. The van der Waals surface area contributed by atoms with Crippen LogP contribution in [0.5, 0.6) is 0 Å². The fourth-order valence-electron chi connectivity index (χ4n) is 4.63. The Hall–Kier alpha value is -1.57. The molecule has 2 nitrogen and oxygen atoms in total. The van der Waals surface area contributed by atoms with E-state index < -0.39 is 0 Å². The van der Waals surface area contributed by atoms with Crippen molar-refractivity contribution < 1.29 is 4.79 Å². The van der Waals surface area contributed by atoms with Gasteiger partial charge in [0.05, 0.1) is 0 Å². The first-order valence-corrected chi connectivity index (χ1v) is 13.4. The average molecular weight is 426 g/mol. The third-order valence-electron chi connectivity index (χ3n) is 6.67. The fourth-order valence-corrected chi connectivity index (χ4v) is 4.63. The number of fused-ring (bicyclic) bond motifs is 1. The fraction of sp³-hybridized carbons (Fsp3) is 0.690. The molecule has 0 aromatic heterocycles. The minimum Gasteiger partial charge on any atom is -0.329 e. The molecule has 174 valence electrons. The lowest BCUT2D eigenvalue weighted by Crippen LogP contribution is -2.18. The molecule has 1 aliphatic carbocycles. The molecule has 0 heterocycles. The number of unbranched alkanes of at least 4 members (excludes halogenated alkanes) is 14. The molecule has 0 spiro atoms. The molecule has 0 aliphatic heterocycles. The van der Waals surface area contributed by atoms with Gasteiger partial charge in [-0.15, -0.1) is 0 Å². The van der Waals surface area contributed by atoms with Gasteiger partial charge in [-0.25, -0.2) is 0 Å². The van der Waals surface area contributed by atoms with Gasteiger partial charge in [0.1, 0.15) is 0 Å². The van der Waals surface area contributed by atoms with Crippen molar-refractivity contribution in [3.63, 3.8) is 0 Å². The third kappa shape index (κ3) is 11.6. The van der Waals surface area contributed by atoms with Gasteiger partial charge in [0, 0.05) is 11.8 Å².